The van der Waals surface area contributed by atoms with Gasteiger partial charge in [0.25, 0.3) is 0 Å². The summed E-state index contributed by atoms with van der Waals surface area (Å²) in [6.45, 7) is 0.482. The van der Waals surface area contributed by atoms with Crippen molar-refractivity contribution in [2.45, 2.75) is 6.10 Å². The third kappa shape index (κ3) is 2.29. The number of esters is 1. The fourth-order valence-corrected chi connectivity index (χ4v) is 1.13. The van der Waals surface area contributed by atoms with Gasteiger partial charge < -0.3 is 9.47 Å². The molecule has 68 valence electrons. The van der Waals surface area contributed by atoms with Gasteiger partial charge in [0.05, 0.1) is 6.61 Å². The molecule has 1 atom stereocenters. The van der Waals surface area contributed by atoms with Gasteiger partial charge in [-0.3, -0.25) is 0 Å². The minimum absolute atomic E-state index is 0.317. The van der Waals surface area contributed by atoms with Crippen molar-refractivity contribution in [3.05, 3.63) is 28.7 Å². The highest BCUT2D eigenvalue weighted by Crippen LogP contribution is 2.18. The summed E-state index contributed by atoms with van der Waals surface area (Å²) in [4.78, 5) is 11.1. The highest BCUT2D eigenvalue weighted by molar-refractivity contribution is 9.10. The van der Waals surface area contributed by atoms with Crippen LogP contribution in [0.3, 0.4) is 0 Å². The highest BCUT2D eigenvalue weighted by atomic mass is 79.9. The summed E-state index contributed by atoms with van der Waals surface area (Å²) in [6, 6.07) is 7.08. The van der Waals surface area contributed by atoms with Crippen molar-refractivity contribution in [2.75, 3.05) is 6.61 Å². The number of carbonyl (C=O) groups excluding carboxylic acids is 1. The molecule has 1 aliphatic rings. The second kappa shape index (κ2) is 3.47. The SMILES string of the molecule is O=C(Oc1ccc(Br)cc1)C1CO1. The van der Waals surface area contributed by atoms with Crippen molar-refractivity contribution in [3.8, 4) is 5.75 Å². The highest BCUT2D eigenvalue weighted by Gasteiger charge is 2.33. The predicted octanol–water partition coefficient (Wildman–Crippen LogP) is 1.75. The first-order valence-electron chi connectivity index (χ1n) is 3.84. The Labute approximate surface area is 83.8 Å². The third-order valence-electron chi connectivity index (χ3n) is 1.63. The van der Waals surface area contributed by atoms with Gasteiger partial charge in [-0.15, -0.1) is 0 Å². The summed E-state index contributed by atoms with van der Waals surface area (Å²) in [7, 11) is 0. The molecular weight excluding hydrogens is 236 g/mol. The molecule has 1 aliphatic heterocycles. The fourth-order valence-electron chi connectivity index (χ4n) is 0.869. The van der Waals surface area contributed by atoms with Crippen LogP contribution in [0, 0.1) is 0 Å². The van der Waals surface area contributed by atoms with E-state index in [1.807, 2.05) is 12.1 Å². The molecule has 13 heavy (non-hydrogen) atoms. The quantitative estimate of drug-likeness (QED) is 0.451. The first kappa shape index (κ1) is 8.72. The van der Waals surface area contributed by atoms with Crippen LogP contribution in [0.2, 0.25) is 0 Å². The minimum Gasteiger partial charge on any atom is -0.425 e. The van der Waals surface area contributed by atoms with Crippen LogP contribution in [0.4, 0.5) is 0 Å². The molecular formula is C9H7BrO3. The molecule has 0 spiro atoms. The summed E-state index contributed by atoms with van der Waals surface area (Å²) in [5.41, 5.74) is 0. The molecule has 0 radical (unpaired) electrons. The number of carbonyl (C=O) groups is 1. The maximum atomic E-state index is 11.1. The fraction of sp³-hybridized carbons (Fsp3) is 0.222. The molecule has 1 heterocycles. The van der Waals surface area contributed by atoms with E-state index in [0.29, 0.717) is 12.4 Å². The summed E-state index contributed by atoms with van der Waals surface area (Å²) in [5.74, 6) is 0.228. The molecule has 1 fully saturated rings. The predicted molar refractivity (Wildman–Crippen MR) is 49.5 cm³/mol. The van der Waals surface area contributed by atoms with Crippen molar-refractivity contribution in [2.24, 2.45) is 0 Å². The van der Waals surface area contributed by atoms with E-state index >= 15 is 0 Å². The Bertz CT molecular complexity index is 316. The lowest BCUT2D eigenvalue weighted by molar-refractivity contribution is -0.135. The molecule has 1 unspecified atom stereocenters. The molecule has 4 heteroatoms. The molecule has 0 aromatic heterocycles. The number of hydrogen-bond acceptors (Lipinski definition) is 3. The van der Waals surface area contributed by atoms with Crippen LogP contribution >= 0.6 is 15.9 Å². The van der Waals surface area contributed by atoms with Gasteiger partial charge in [0.15, 0.2) is 6.10 Å². The Morgan fingerprint density at radius 1 is 1.46 bits per heavy atom. The van der Waals surface area contributed by atoms with Crippen LogP contribution < -0.4 is 4.74 Å². The van der Waals surface area contributed by atoms with Crippen LogP contribution in [0.15, 0.2) is 28.7 Å². The zero-order chi connectivity index (χ0) is 9.26. The second-order valence-corrected chi connectivity index (χ2v) is 3.61. The van der Waals surface area contributed by atoms with Gasteiger partial charge in [-0.2, -0.15) is 0 Å². The Kier molecular flexibility index (Phi) is 2.33. The van der Waals surface area contributed by atoms with Gasteiger partial charge in [-0.1, -0.05) is 15.9 Å². The number of ether oxygens (including phenoxy) is 2. The van der Waals surface area contributed by atoms with Crippen LogP contribution in [-0.2, 0) is 9.53 Å². The van der Waals surface area contributed by atoms with Gasteiger partial charge in [0, 0.05) is 4.47 Å². The van der Waals surface area contributed by atoms with Gasteiger partial charge >= 0.3 is 5.97 Å². The summed E-state index contributed by atoms with van der Waals surface area (Å²) in [5, 5.41) is 0. The summed E-state index contributed by atoms with van der Waals surface area (Å²) in [6.07, 6.45) is -0.344. The van der Waals surface area contributed by atoms with Crippen molar-refractivity contribution in [1.82, 2.24) is 0 Å². The lowest BCUT2D eigenvalue weighted by atomic mass is 10.3. The molecule has 0 saturated carbocycles. The molecule has 0 amide bonds. The van der Waals surface area contributed by atoms with E-state index in [-0.39, 0.29) is 12.1 Å². The first-order chi connectivity index (χ1) is 6.25. The van der Waals surface area contributed by atoms with E-state index in [9.17, 15) is 4.79 Å². The number of hydrogen-bond donors (Lipinski definition) is 0. The van der Waals surface area contributed by atoms with Gasteiger partial charge in [0.2, 0.25) is 0 Å². The topological polar surface area (TPSA) is 38.8 Å². The Hall–Kier alpha value is -0.870. The van der Waals surface area contributed by atoms with E-state index in [2.05, 4.69) is 15.9 Å². The van der Waals surface area contributed by atoms with Crippen molar-refractivity contribution in [1.29, 1.82) is 0 Å². The molecule has 1 aromatic carbocycles. The lowest BCUT2D eigenvalue weighted by Crippen LogP contribution is -2.14. The van der Waals surface area contributed by atoms with Crippen LogP contribution in [0.5, 0.6) is 5.75 Å². The van der Waals surface area contributed by atoms with E-state index in [1.165, 1.54) is 0 Å². The molecule has 0 N–H and O–H groups in total. The van der Waals surface area contributed by atoms with Crippen LogP contribution in [-0.4, -0.2) is 18.7 Å². The molecule has 0 aliphatic carbocycles. The number of rotatable bonds is 2. The van der Waals surface area contributed by atoms with E-state index in [0.717, 1.165) is 4.47 Å². The average Bonchev–Trinajstić information content (AvgIpc) is 2.91. The first-order valence-corrected chi connectivity index (χ1v) is 4.64. The summed E-state index contributed by atoms with van der Waals surface area (Å²) < 4.78 is 10.7. The largest absolute Gasteiger partial charge is 0.425 e. The van der Waals surface area contributed by atoms with Crippen LogP contribution in [0.25, 0.3) is 0 Å². The van der Waals surface area contributed by atoms with Crippen molar-refractivity contribution < 1.29 is 14.3 Å². The van der Waals surface area contributed by atoms with Gasteiger partial charge in [0.1, 0.15) is 5.75 Å². The molecule has 3 nitrogen and oxygen atoms in total. The lowest BCUT2D eigenvalue weighted by Gasteiger charge is -2.00. The zero-order valence-electron chi connectivity index (χ0n) is 6.70. The Morgan fingerprint density at radius 2 is 2.08 bits per heavy atom. The van der Waals surface area contributed by atoms with E-state index in [4.69, 9.17) is 9.47 Å². The summed E-state index contributed by atoms with van der Waals surface area (Å²) >= 11 is 3.29. The maximum absolute atomic E-state index is 11.1. The van der Waals surface area contributed by atoms with Crippen LogP contribution in [0.1, 0.15) is 0 Å². The average molecular weight is 243 g/mol. The minimum atomic E-state index is -0.344. The maximum Gasteiger partial charge on any atom is 0.343 e. The molecule has 2 rings (SSSR count). The molecule has 0 bridgehead atoms. The van der Waals surface area contributed by atoms with Gasteiger partial charge in [-0.05, 0) is 24.3 Å². The number of halogens is 1. The molecule has 1 aromatic rings. The smallest absolute Gasteiger partial charge is 0.343 e. The number of benzene rings is 1. The Balaban J connectivity index is 2.00. The van der Waals surface area contributed by atoms with E-state index in [1.54, 1.807) is 12.1 Å². The normalized spacial score (nSPS) is 19.6. The van der Waals surface area contributed by atoms with Crippen molar-refractivity contribution >= 4 is 21.9 Å². The van der Waals surface area contributed by atoms with E-state index < -0.39 is 0 Å². The standard InChI is InChI=1S/C9H7BrO3/c10-6-1-3-7(4-2-6)13-9(11)8-5-12-8/h1-4,8H,5H2. The van der Waals surface area contributed by atoms with Crippen molar-refractivity contribution in [3.63, 3.8) is 0 Å². The monoisotopic (exact) mass is 242 g/mol. The second-order valence-electron chi connectivity index (χ2n) is 2.70. The Morgan fingerprint density at radius 3 is 2.62 bits per heavy atom. The number of epoxide rings is 1. The zero-order valence-corrected chi connectivity index (χ0v) is 8.28. The van der Waals surface area contributed by atoms with Gasteiger partial charge in [-0.25, -0.2) is 4.79 Å². The molecule has 1 saturated heterocycles. The third-order valence-corrected chi connectivity index (χ3v) is 2.16.